The number of hydrogen-bond acceptors (Lipinski definition) is 7. The first-order valence-corrected chi connectivity index (χ1v) is 11.2. The molecule has 0 atom stereocenters. The molecule has 0 aliphatic carbocycles. The van der Waals surface area contributed by atoms with E-state index in [2.05, 4.69) is 14.4 Å². The summed E-state index contributed by atoms with van der Waals surface area (Å²) in [7, 11) is -6.70. The predicted molar refractivity (Wildman–Crippen MR) is 104 cm³/mol. The molecule has 0 amide bonds. The minimum atomic E-state index is -4.18. The van der Waals surface area contributed by atoms with E-state index in [4.69, 9.17) is 4.74 Å². The van der Waals surface area contributed by atoms with E-state index in [0.717, 1.165) is 12.5 Å². The van der Waals surface area contributed by atoms with Crippen LogP contribution in [-0.4, -0.2) is 41.4 Å². The van der Waals surface area contributed by atoms with Gasteiger partial charge in [-0.3, -0.25) is 14.4 Å². The third kappa shape index (κ3) is 4.37. The zero-order chi connectivity index (χ0) is 20.4. The van der Waals surface area contributed by atoms with E-state index in [-0.39, 0.29) is 16.3 Å². The minimum Gasteiger partial charge on any atom is -0.507 e. The number of hydrogen-bond donors (Lipinski definition) is 3. The van der Waals surface area contributed by atoms with Crippen LogP contribution < -0.4 is 14.2 Å². The molecule has 9 nitrogen and oxygen atoms in total. The van der Waals surface area contributed by atoms with E-state index in [1.54, 1.807) is 0 Å². The molecular weight excluding hydrogens is 406 g/mol. The Labute approximate surface area is 163 Å². The highest BCUT2D eigenvalue weighted by atomic mass is 32.2. The Bertz CT molecular complexity index is 1130. The van der Waals surface area contributed by atoms with Gasteiger partial charge in [0.05, 0.1) is 17.7 Å². The fourth-order valence-corrected chi connectivity index (χ4v) is 4.91. The molecular formula is C17H19N3O6S2. The summed E-state index contributed by atoms with van der Waals surface area (Å²) in [6, 6.07) is 9.12. The maximum atomic E-state index is 12.6. The van der Waals surface area contributed by atoms with Gasteiger partial charge in [-0.05, 0) is 36.8 Å². The smallest absolute Gasteiger partial charge is 0.265 e. The molecule has 0 saturated heterocycles. The van der Waals surface area contributed by atoms with Gasteiger partial charge < -0.3 is 9.84 Å². The van der Waals surface area contributed by atoms with Crippen LogP contribution in [0.3, 0.4) is 0 Å². The molecule has 1 aliphatic rings. The number of ether oxygens (including phenoxy) is 1. The fraction of sp³-hybridized carbons (Fsp3) is 0.235. The summed E-state index contributed by atoms with van der Waals surface area (Å²) in [6.45, 7) is 0.571. The van der Waals surface area contributed by atoms with E-state index in [9.17, 15) is 21.9 Å². The predicted octanol–water partition coefficient (Wildman–Crippen LogP) is 1.67. The standard InChI is InChI=1S/C17H19N3O6S2/c1-26-13-7-8-15(21)16(11-13)28(24,25)19-12-4-2-5-14(10-12)27(22,23)20-17-6-3-9-18-17/h2,4-5,7-8,10-11,19,21H,3,6,9H2,1H3,(H,18,20). The normalized spacial score (nSPS) is 14.4. The van der Waals surface area contributed by atoms with Gasteiger partial charge in [0.25, 0.3) is 20.0 Å². The molecule has 0 fully saturated rings. The van der Waals surface area contributed by atoms with Crippen LogP contribution in [0, 0.1) is 0 Å². The Hall–Kier alpha value is -2.79. The molecule has 28 heavy (non-hydrogen) atoms. The summed E-state index contributed by atoms with van der Waals surface area (Å²) in [5, 5.41) is 9.89. The quantitative estimate of drug-likeness (QED) is 0.645. The van der Waals surface area contributed by atoms with Crippen molar-refractivity contribution in [3.63, 3.8) is 0 Å². The number of aliphatic imine (C=N–C) groups is 1. The number of benzene rings is 2. The first kappa shape index (κ1) is 20.0. The Morgan fingerprint density at radius 1 is 1.04 bits per heavy atom. The zero-order valence-corrected chi connectivity index (χ0v) is 16.5. The second-order valence-corrected chi connectivity index (χ2v) is 9.34. The number of methoxy groups -OCH3 is 1. The fourth-order valence-electron chi connectivity index (χ4n) is 2.61. The van der Waals surface area contributed by atoms with Crippen molar-refractivity contribution in [2.24, 2.45) is 4.99 Å². The summed E-state index contributed by atoms with van der Waals surface area (Å²) in [5.41, 5.74) is 0.0263. The Kier molecular flexibility index (Phi) is 5.47. The number of phenols is 1. The molecule has 2 aromatic carbocycles. The van der Waals surface area contributed by atoms with E-state index in [1.807, 2.05) is 0 Å². The van der Waals surface area contributed by atoms with Crippen molar-refractivity contribution in [2.75, 3.05) is 18.4 Å². The van der Waals surface area contributed by atoms with Crippen molar-refractivity contribution in [1.29, 1.82) is 0 Å². The Morgan fingerprint density at radius 2 is 1.82 bits per heavy atom. The van der Waals surface area contributed by atoms with Gasteiger partial charge in [-0.2, -0.15) is 0 Å². The van der Waals surface area contributed by atoms with Crippen LogP contribution in [0.4, 0.5) is 5.69 Å². The second-order valence-electron chi connectivity index (χ2n) is 6.00. The highest BCUT2D eigenvalue weighted by Gasteiger charge is 2.22. The highest BCUT2D eigenvalue weighted by molar-refractivity contribution is 7.93. The number of phenolic OH excluding ortho intramolecular Hbond substituents is 1. The molecule has 150 valence electrons. The Morgan fingerprint density at radius 3 is 2.50 bits per heavy atom. The van der Waals surface area contributed by atoms with Crippen molar-refractivity contribution in [1.82, 2.24) is 4.72 Å². The van der Waals surface area contributed by atoms with Gasteiger partial charge in [-0.25, -0.2) is 16.8 Å². The number of sulfonamides is 2. The first-order valence-electron chi connectivity index (χ1n) is 8.27. The van der Waals surface area contributed by atoms with Crippen molar-refractivity contribution in [3.05, 3.63) is 42.5 Å². The molecule has 2 aromatic rings. The second kappa shape index (κ2) is 7.68. The highest BCUT2D eigenvalue weighted by Crippen LogP contribution is 2.29. The van der Waals surface area contributed by atoms with Gasteiger partial charge in [0.15, 0.2) is 0 Å². The Balaban J connectivity index is 1.88. The molecule has 0 radical (unpaired) electrons. The summed E-state index contributed by atoms with van der Waals surface area (Å²) in [5.74, 6) is 0.168. The van der Waals surface area contributed by atoms with Crippen LogP contribution in [0.1, 0.15) is 12.8 Å². The van der Waals surface area contributed by atoms with E-state index in [1.165, 1.54) is 43.5 Å². The minimum absolute atomic E-state index is 0.0263. The van der Waals surface area contributed by atoms with E-state index >= 15 is 0 Å². The summed E-state index contributed by atoms with van der Waals surface area (Å²) in [4.78, 5) is 3.57. The van der Waals surface area contributed by atoms with Crippen LogP contribution in [0.25, 0.3) is 0 Å². The molecule has 0 unspecified atom stereocenters. The largest absolute Gasteiger partial charge is 0.507 e. The summed E-state index contributed by atoms with van der Waals surface area (Å²) in [6.07, 6.45) is 1.32. The van der Waals surface area contributed by atoms with Gasteiger partial charge >= 0.3 is 0 Å². The van der Waals surface area contributed by atoms with Crippen molar-refractivity contribution in [3.8, 4) is 11.5 Å². The lowest BCUT2D eigenvalue weighted by Gasteiger charge is -2.12. The summed E-state index contributed by atoms with van der Waals surface area (Å²) >= 11 is 0. The van der Waals surface area contributed by atoms with Crippen molar-refractivity contribution < 1.29 is 26.7 Å². The van der Waals surface area contributed by atoms with Crippen LogP contribution in [0.5, 0.6) is 11.5 Å². The maximum absolute atomic E-state index is 12.6. The zero-order valence-electron chi connectivity index (χ0n) is 14.9. The number of nitrogens with zero attached hydrogens (tertiary/aromatic N) is 1. The van der Waals surface area contributed by atoms with E-state index < -0.39 is 30.7 Å². The molecule has 3 N–H and O–H groups in total. The van der Waals surface area contributed by atoms with Gasteiger partial charge in [0.2, 0.25) is 0 Å². The third-order valence-electron chi connectivity index (χ3n) is 3.98. The third-order valence-corrected chi connectivity index (χ3v) is 6.77. The van der Waals surface area contributed by atoms with E-state index in [0.29, 0.717) is 18.8 Å². The molecule has 3 rings (SSSR count). The number of rotatable bonds is 6. The SMILES string of the molecule is COc1ccc(O)c(S(=O)(=O)Nc2cccc(S(=O)(=O)NC3=NCCC3)c2)c1. The molecule has 11 heteroatoms. The number of nitrogens with one attached hydrogen (secondary N) is 2. The van der Waals surface area contributed by atoms with Crippen LogP contribution >= 0.6 is 0 Å². The molecule has 0 spiro atoms. The average Bonchev–Trinajstić information content (AvgIpc) is 3.14. The number of aromatic hydroxyl groups is 1. The van der Waals surface area contributed by atoms with Gasteiger partial charge in [-0.1, -0.05) is 6.07 Å². The lowest BCUT2D eigenvalue weighted by Crippen LogP contribution is -2.29. The van der Waals surface area contributed by atoms with Gasteiger partial charge in [0, 0.05) is 19.0 Å². The van der Waals surface area contributed by atoms with Crippen LogP contribution in [0.15, 0.2) is 57.2 Å². The van der Waals surface area contributed by atoms with Gasteiger partial charge in [0.1, 0.15) is 22.2 Å². The summed E-state index contributed by atoms with van der Waals surface area (Å²) < 4.78 is 59.9. The first-order chi connectivity index (χ1) is 13.2. The molecule has 0 bridgehead atoms. The molecule has 1 aliphatic heterocycles. The average molecular weight is 425 g/mol. The molecule has 1 heterocycles. The molecule has 0 saturated carbocycles. The number of anilines is 1. The van der Waals surface area contributed by atoms with Crippen molar-refractivity contribution in [2.45, 2.75) is 22.6 Å². The monoisotopic (exact) mass is 425 g/mol. The molecule has 0 aromatic heterocycles. The maximum Gasteiger partial charge on any atom is 0.265 e. The number of amidine groups is 1. The van der Waals surface area contributed by atoms with Crippen molar-refractivity contribution >= 4 is 31.6 Å². The van der Waals surface area contributed by atoms with Gasteiger partial charge in [-0.15, -0.1) is 0 Å². The lowest BCUT2D eigenvalue weighted by molar-refractivity contribution is 0.408. The topological polar surface area (TPSA) is 134 Å². The van der Waals surface area contributed by atoms with Crippen LogP contribution in [0.2, 0.25) is 0 Å². The van der Waals surface area contributed by atoms with Crippen LogP contribution in [-0.2, 0) is 20.0 Å². The lowest BCUT2D eigenvalue weighted by atomic mass is 10.3.